The predicted octanol–water partition coefficient (Wildman–Crippen LogP) is 1.17. The minimum absolute atomic E-state index is 0. The van der Waals surface area contributed by atoms with E-state index in [9.17, 15) is 0 Å². The summed E-state index contributed by atoms with van der Waals surface area (Å²) in [4.78, 5) is 0. The van der Waals surface area contributed by atoms with E-state index in [1.165, 1.54) is 0 Å². The quantitative estimate of drug-likeness (QED) is 0.538. The minimum Gasteiger partial charge on any atom is -0.328 e. The summed E-state index contributed by atoms with van der Waals surface area (Å²) >= 11 is 0. The number of halogens is 1. The molecule has 0 aromatic heterocycles. The van der Waals surface area contributed by atoms with E-state index in [0.717, 1.165) is 6.42 Å². The average molecular weight is 110 g/mol. The molecule has 6 heavy (non-hydrogen) atoms. The van der Waals surface area contributed by atoms with Crippen LogP contribution in [-0.2, 0) is 0 Å². The molecule has 0 rings (SSSR count). The first-order valence-corrected chi connectivity index (χ1v) is 2.03. The SMILES string of the molecule is CC[C@@H](C)N.Cl. The maximum atomic E-state index is 5.29. The number of nitrogens with two attached hydrogens (primary N) is 1. The lowest BCUT2D eigenvalue weighted by atomic mass is 10.3. The first-order valence-electron chi connectivity index (χ1n) is 2.03. The molecular formula is C4H12ClN. The molecular weight excluding hydrogens is 97.5 g/mol. The van der Waals surface area contributed by atoms with E-state index in [1.54, 1.807) is 0 Å². The summed E-state index contributed by atoms with van der Waals surface area (Å²) in [6.45, 7) is 4.07. The molecule has 0 aliphatic heterocycles. The number of hydrogen-bond acceptors (Lipinski definition) is 1. The van der Waals surface area contributed by atoms with E-state index in [-0.39, 0.29) is 12.4 Å². The highest BCUT2D eigenvalue weighted by molar-refractivity contribution is 5.85. The van der Waals surface area contributed by atoms with Gasteiger partial charge in [-0.2, -0.15) is 0 Å². The Labute approximate surface area is 45.3 Å². The zero-order valence-corrected chi connectivity index (χ0v) is 5.09. The molecule has 0 amide bonds. The van der Waals surface area contributed by atoms with Gasteiger partial charge < -0.3 is 5.73 Å². The molecule has 2 N–H and O–H groups in total. The van der Waals surface area contributed by atoms with Gasteiger partial charge in [0.15, 0.2) is 0 Å². The van der Waals surface area contributed by atoms with Crippen molar-refractivity contribution in [3.8, 4) is 0 Å². The summed E-state index contributed by atoms with van der Waals surface area (Å²) in [5, 5.41) is 0. The molecule has 0 aromatic carbocycles. The van der Waals surface area contributed by atoms with Crippen molar-refractivity contribution in [1.82, 2.24) is 0 Å². The van der Waals surface area contributed by atoms with Gasteiger partial charge in [0.25, 0.3) is 0 Å². The normalized spacial score (nSPS) is 12.5. The largest absolute Gasteiger partial charge is 0.328 e. The fourth-order valence-corrected chi connectivity index (χ4v) is 0. The van der Waals surface area contributed by atoms with E-state index in [2.05, 4.69) is 6.92 Å². The van der Waals surface area contributed by atoms with E-state index in [0.29, 0.717) is 6.04 Å². The van der Waals surface area contributed by atoms with Crippen LogP contribution < -0.4 is 5.73 Å². The van der Waals surface area contributed by atoms with Crippen LogP contribution in [0.4, 0.5) is 0 Å². The summed E-state index contributed by atoms with van der Waals surface area (Å²) in [6, 6.07) is 0.384. The van der Waals surface area contributed by atoms with Crippen LogP contribution in [0.1, 0.15) is 20.3 Å². The van der Waals surface area contributed by atoms with Gasteiger partial charge in [0.05, 0.1) is 0 Å². The topological polar surface area (TPSA) is 26.0 Å². The Bertz CT molecular complexity index is 21.5. The fourth-order valence-electron chi connectivity index (χ4n) is 0. The third-order valence-corrected chi connectivity index (χ3v) is 0.644. The van der Waals surface area contributed by atoms with Crippen LogP contribution in [0.5, 0.6) is 0 Å². The number of rotatable bonds is 1. The monoisotopic (exact) mass is 109 g/mol. The van der Waals surface area contributed by atoms with E-state index < -0.39 is 0 Å². The van der Waals surface area contributed by atoms with Crippen molar-refractivity contribution in [3.63, 3.8) is 0 Å². The van der Waals surface area contributed by atoms with Gasteiger partial charge in [0.1, 0.15) is 0 Å². The highest BCUT2D eigenvalue weighted by Crippen LogP contribution is 1.77. The summed E-state index contributed by atoms with van der Waals surface area (Å²) in [6.07, 6.45) is 1.08. The van der Waals surface area contributed by atoms with Crippen molar-refractivity contribution in [1.29, 1.82) is 0 Å². The van der Waals surface area contributed by atoms with Crippen molar-refractivity contribution in [3.05, 3.63) is 0 Å². The van der Waals surface area contributed by atoms with Crippen LogP contribution in [0.2, 0.25) is 0 Å². The first kappa shape index (κ1) is 9.54. The van der Waals surface area contributed by atoms with Gasteiger partial charge in [-0.05, 0) is 13.3 Å². The Hall–Kier alpha value is 0.250. The third-order valence-electron chi connectivity index (χ3n) is 0.644. The molecule has 0 aliphatic rings. The van der Waals surface area contributed by atoms with E-state index >= 15 is 0 Å². The molecule has 1 atom stereocenters. The van der Waals surface area contributed by atoms with Crippen LogP contribution >= 0.6 is 12.4 Å². The summed E-state index contributed by atoms with van der Waals surface area (Å²) in [5.41, 5.74) is 5.29. The molecule has 0 spiro atoms. The van der Waals surface area contributed by atoms with Gasteiger partial charge in [-0.1, -0.05) is 6.92 Å². The molecule has 0 saturated heterocycles. The maximum Gasteiger partial charge on any atom is 0.000781 e. The lowest BCUT2D eigenvalue weighted by Gasteiger charge is -1.91. The molecule has 40 valence electrons. The molecule has 0 unspecified atom stereocenters. The average Bonchev–Trinajstić information content (AvgIpc) is 1.38. The van der Waals surface area contributed by atoms with Gasteiger partial charge in [-0.15, -0.1) is 12.4 Å². The van der Waals surface area contributed by atoms with Gasteiger partial charge in [0.2, 0.25) is 0 Å². The summed E-state index contributed by atoms with van der Waals surface area (Å²) < 4.78 is 0. The second kappa shape index (κ2) is 5.25. The van der Waals surface area contributed by atoms with Crippen molar-refractivity contribution >= 4 is 12.4 Å². The van der Waals surface area contributed by atoms with Gasteiger partial charge in [0, 0.05) is 6.04 Å². The molecule has 0 aromatic rings. The van der Waals surface area contributed by atoms with Gasteiger partial charge >= 0.3 is 0 Å². The lowest BCUT2D eigenvalue weighted by molar-refractivity contribution is 0.715. The summed E-state index contributed by atoms with van der Waals surface area (Å²) in [7, 11) is 0. The third kappa shape index (κ3) is 8.87. The highest BCUT2D eigenvalue weighted by atomic mass is 35.5. The van der Waals surface area contributed by atoms with Crippen molar-refractivity contribution in [2.24, 2.45) is 5.73 Å². The van der Waals surface area contributed by atoms with Crippen LogP contribution in [0.3, 0.4) is 0 Å². The molecule has 0 aliphatic carbocycles. The van der Waals surface area contributed by atoms with Crippen LogP contribution in [0.15, 0.2) is 0 Å². The second-order valence-electron chi connectivity index (χ2n) is 1.39. The molecule has 0 bridgehead atoms. The number of hydrogen-bond donors (Lipinski definition) is 1. The maximum absolute atomic E-state index is 5.29. The van der Waals surface area contributed by atoms with Crippen molar-refractivity contribution in [2.75, 3.05) is 0 Å². The molecule has 0 heterocycles. The van der Waals surface area contributed by atoms with E-state index in [1.807, 2.05) is 6.92 Å². The Kier molecular flexibility index (Phi) is 8.35. The lowest BCUT2D eigenvalue weighted by Crippen LogP contribution is -2.11. The van der Waals surface area contributed by atoms with Crippen LogP contribution in [0, 0.1) is 0 Å². The standard InChI is InChI=1S/C4H11N.ClH/c1-3-4(2)5;/h4H,3,5H2,1-2H3;1H/t4-;/m1./s1. The zero-order valence-electron chi connectivity index (χ0n) is 4.27. The summed E-state index contributed by atoms with van der Waals surface area (Å²) in [5.74, 6) is 0. The molecule has 1 nitrogen and oxygen atoms in total. The van der Waals surface area contributed by atoms with Crippen molar-refractivity contribution in [2.45, 2.75) is 26.3 Å². The Morgan fingerprint density at radius 1 is 1.67 bits per heavy atom. The fraction of sp³-hybridized carbons (Fsp3) is 1.00. The van der Waals surface area contributed by atoms with Gasteiger partial charge in [-0.25, -0.2) is 0 Å². The van der Waals surface area contributed by atoms with Gasteiger partial charge in [-0.3, -0.25) is 0 Å². The Morgan fingerprint density at radius 2 is 1.83 bits per heavy atom. The first-order chi connectivity index (χ1) is 2.27. The molecule has 0 radical (unpaired) electrons. The molecule has 2 heteroatoms. The smallest absolute Gasteiger partial charge is 0.000781 e. The predicted molar refractivity (Wildman–Crippen MR) is 31.2 cm³/mol. The molecule has 0 fully saturated rings. The second-order valence-corrected chi connectivity index (χ2v) is 1.39. The zero-order chi connectivity index (χ0) is 4.28. The van der Waals surface area contributed by atoms with E-state index in [4.69, 9.17) is 5.73 Å². The Balaban J connectivity index is 0. The van der Waals surface area contributed by atoms with Crippen LogP contribution in [0.25, 0.3) is 0 Å². The Morgan fingerprint density at radius 3 is 1.83 bits per heavy atom. The minimum atomic E-state index is 0. The van der Waals surface area contributed by atoms with Crippen molar-refractivity contribution < 1.29 is 0 Å². The van der Waals surface area contributed by atoms with Crippen LogP contribution in [-0.4, -0.2) is 6.04 Å². The molecule has 0 saturated carbocycles. The highest BCUT2D eigenvalue weighted by Gasteiger charge is 1.79.